The molecule has 2 aromatic carbocycles. The average molecular weight is 342 g/mol. The van der Waals surface area contributed by atoms with E-state index in [0.29, 0.717) is 17.0 Å². The van der Waals surface area contributed by atoms with E-state index in [9.17, 15) is 4.79 Å². The molecular weight excluding hydrogens is 320 g/mol. The van der Waals surface area contributed by atoms with Crippen molar-refractivity contribution in [2.75, 3.05) is 25.9 Å². The van der Waals surface area contributed by atoms with Crippen LogP contribution in [0.5, 0.6) is 0 Å². The van der Waals surface area contributed by atoms with Gasteiger partial charge in [0.15, 0.2) is 5.76 Å². The van der Waals surface area contributed by atoms with E-state index in [0.717, 1.165) is 11.1 Å². The highest BCUT2D eigenvalue weighted by atomic mass is 16.6. The second-order valence-corrected chi connectivity index (χ2v) is 5.27. The lowest BCUT2D eigenvalue weighted by Crippen LogP contribution is -2.33. The van der Waals surface area contributed by atoms with Crippen LogP contribution in [-0.4, -0.2) is 27.0 Å². The predicted molar refractivity (Wildman–Crippen MR) is 97.4 cm³/mol. The quantitative estimate of drug-likeness (QED) is 0.375. The minimum absolute atomic E-state index is 0.0337. The van der Waals surface area contributed by atoms with E-state index in [4.69, 9.17) is 20.2 Å². The van der Waals surface area contributed by atoms with E-state index in [-0.39, 0.29) is 6.73 Å². The summed E-state index contributed by atoms with van der Waals surface area (Å²) in [6.07, 6.45) is -0.539. The largest absolute Gasteiger partial charge is 0.452 e. The Kier molecular flexibility index (Phi) is 6.56. The van der Waals surface area contributed by atoms with Gasteiger partial charge in [0.1, 0.15) is 6.73 Å². The second-order valence-electron chi connectivity index (χ2n) is 5.27. The molecule has 25 heavy (non-hydrogen) atoms. The number of anilines is 1. The number of carbonyl (C=O) groups is 1. The molecule has 0 saturated heterocycles. The van der Waals surface area contributed by atoms with Gasteiger partial charge in [-0.2, -0.15) is 5.90 Å². The Balaban J connectivity index is 2.60. The number of hydrogen-bond acceptors (Lipinski definition) is 5. The molecule has 132 valence electrons. The molecule has 2 rings (SSSR count). The molecular formula is C19H22N2O4. The van der Waals surface area contributed by atoms with E-state index >= 15 is 0 Å². The lowest BCUT2D eigenvalue weighted by Gasteiger charge is -2.24. The molecule has 0 saturated carbocycles. The molecule has 0 spiro atoms. The lowest BCUT2D eigenvalue weighted by molar-refractivity contribution is 0.153. The summed E-state index contributed by atoms with van der Waals surface area (Å²) in [6, 6.07) is 17.0. The van der Waals surface area contributed by atoms with Gasteiger partial charge in [-0.25, -0.2) is 4.79 Å². The monoisotopic (exact) mass is 342 g/mol. The number of carbonyl (C=O) groups excluding carboxylic acids is 1. The summed E-state index contributed by atoms with van der Waals surface area (Å²) in [5.74, 6) is 6.04. The summed E-state index contributed by atoms with van der Waals surface area (Å²) >= 11 is 0. The number of nitrogens with zero attached hydrogens (tertiary/aromatic N) is 1. The molecule has 1 amide bonds. The van der Waals surface area contributed by atoms with Gasteiger partial charge in [-0.3, -0.25) is 4.90 Å². The van der Waals surface area contributed by atoms with Gasteiger partial charge < -0.3 is 14.3 Å². The third-order valence-electron chi connectivity index (χ3n) is 3.76. The summed E-state index contributed by atoms with van der Waals surface area (Å²) < 4.78 is 9.98. The van der Waals surface area contributed by atoms with Gasteiger partial charge in [0.25, 0.3) is 0 Å². The predicted octanol–water partition coefficient (Wildman–Crippen LogP) is 3.64. The molecule has 6 nitrogen and oxygen atoms in total. The molecule has 0 aliphatic rings. The van der Waals surface area contributed by atoms with E-state index in [1.54, 1.807) is 6.07 Å². The number of amides is 1. The van der Waals surface area contributed by atoms with E-state index < -0.39 is 6.09 Å². The molecule has 0 aromatic heterocycles. The maximum atomic E-state index is 12.1. The fraction of sp³-hybridized carbons (Fsp3) is 0.211. The highest BCUT2D eigenvalue weighted by molar-refractivity contribution is 5.96. The zero-order chi connectivity index (χ0) is 18.2. The SMILES string of the molecule is COCN(C(=O)OC)c1ccccc1C(ON)=C(C)c1ccccc1. The highest BCUT2D eigenvalue weighted by Crippen LogP contribution is 2.33. The van der Waals surface area contributed by atoms with Crippen molar-refractivity contribution in [3.8, 4) is 0 Å². The van der Waals surface area contributed by atoms with Crippen LogP contribution < -0.4 is 10.8 Å². The van der Waals surface area contributed by atoms with Gasteiger partial charge in [-0.05, 0) is 24.6 Å². The van der Waals surface area contributed by atoms with Crippen LogP contribution in [0.2, 0.25) is 0 Å². The molecule has 2 N–H and O–H groups in total. The number of nitrogens with two attached hydrogens (primary N) is 1. The lowest BCUT2D eigenvalue weighted by atomic mass is 10.0. The Bertz CT molecular complexity index is 744. The maximum absolute atomic E-state index is 12.1. The summed E-state index contributed by atoms with van der Waals surface area (Å²) in [7, 11) is 2.82. The second kappa shape index (κ2) is 8.86. The summed E-state index contributed by atoms with van der Waals surface area (Å²) in [5.41, 5.74) is 3.05. The van der Waals surface area contributed by atoms with Gasteiger partial charge in [0.2, 0.25) is 0 Å². The van der Waals surface area contributed by atoms with Crippen molar-refractivity contribution in [1.29, 1.82) is 0 Å². The first kappa shape index (κ1) is 18.5. The first-order chi connectivity index (χ1) is 12.1. The van der Waals surface area contributed by atoms with E-state index in [1.807, 2.05) is 55.5 Å². The fourth-order valence-electron chi connectivity index (χ4n) is 2.53. The third kappa shape index (κ3) is 4.17. The van der Waals surface area contributed by atoms with Crippen molar-refractivity contribution in [1.82, 2.24) is 0 Å². The Morgan fingerprint density at radius 1 is 1.04 bits per heavy atom. The normalized spacial score (nSPS) is 11.5. The van der Waals surface area contributed by atoms with E-state index in [1.165, 1.54) is 19.1 Å². The summed E-state index contributed by atoms with van der Waals surface area (Å²) in [6.45, 7) is 1.94. The fourth-order valence-corrected chi connectivity index (χ4v) is 2.53. The van der Waals surface area contributed by atoms with Gasteiger partial charge in [-0.1, -0.05) is 42.5 Å². The zero-order valence-corrected chi connectivity index (χ0v) is 14.6. The highest BCUT2D eigenvalue weighted by Gasteiger charge is 2.22. The van der Waals surface area contributed by atoms with Crippen molar-refractivity contribution >= 4 is 23.1 Å². The number of rotatable bonds is 6. The molecule has 0 aliphatic carbocycles. The number of ether oxygens (including phenoxy) is 2. The first-order valence-corrected chi connectivity index (χ1v) is 7.70. The Morgan fingerprint density at radius 2 is 1.68 bits per heavy atom. The number of hydrogen-bond donors (Lipinski definition) is 1. The van der Waals surface area contributed by atoms with Gasteiger partial charge in [-0.15, -0.1) is 0 Å². The third-order valence-corrected chi connectivity index (χ3v) is 3.76. The minimum Gasteiger partial charge on any atom is -0.452 e. The van der Waals surface area contributed by atoms with Crippen molar-refractivity contribution < 1.29 is 19.1 Å². The Labute approximate surface area is 147 Å². The van der Waals surface area contributed by atoms with Crippen LogP contribution in [0.3, 0.4) is 0 Å². The number of benzene rings is 2. The number of para-hydroxylation sites is 1. The number of allylic oxidation sites excluding steroid dienone is 1. The van der Waals surface area contributed by atoms with Crippen LogP contribution in [0.25, 0.3) is 11.3 Å². The van der Waals surface area contributed by atoms with Crippen LogP contribution >= 0.6 is 0 Å². The number of methoxy groups -OCH3 is 2. The van der Waals surface area contributed by atoms with Crippen LogP contribution in [0.15, 0.2) is 54.6 Å². The molecule has 6 heteroatoms. The molecule has 0 radical (unpaired) electrons. The van der Waals surface area contributed by atoms with Gasteiger partial charge >= 0.3 is 6.09 Å². The molecule has 0 bridgehead atoms. The summed E-state index contributed by atoms with van der Waals surface area (Å²) in [5, 5.41) is 0. The molecule has 0 fully saturated rings. The van der Waals surface area contributed by atoms with Crippen LogP contribution in [0.4, 0.5) is 10.5 Å². The maximum Gasteiger partial charge on any atom is 0.415 e. The van der Waals surface area contributed by atoms with Crippen LogP contribution in [0.1, 0.15) is 18.1 Å². The summed E-state index contributed by atoms with van der Waals surface area (Å²) in [4.78, 5) is 18.7. The standard InChI is InChI=1S/C19H22N2O4/c1-14(15-9-5-4-6-10-15)18(25-20)16-11-7-8-12-17(16)21(13-23-2)19(22)24-3/h4-12H,13,20H2,1-3H3. The molecule has 0 aliphatic heterocycles. The molecule has 0 unspecified atom stereocenters. The Hall–Kier alpha value is -2.83. The van der Waals surface area contributed by atoms with Crippen molar-refractivity contribution in [3.05, 3.63) is 65.7 Å². The molecule has 0 atom stereocenters. The van der Waals surface area contributed by atoms with Gasteiger partial charge in [0, 0.05) is 18.2 Å². The average Bonchev–Trinajstić information content (AvgIpc) is 2.67. The first-order valence-electron chi connectivity index (χ1n) is 7.70. The van der Waals surface area contributed by atoms with Crippen LogP contribution in [0, 0.1) is 0 Å². The topological polar surface area (TPSA) is 74.0 Å². The van der Waals surface area contributed by atoms with E-state index in [2.05, 4.69) is 0 Å². The van der Waals surface area contributed by atoms with Crippen LogP contribution in [-0.2, 0) is 14.3 Å². The molecule has 0 heterocycles. The molecule has 2 aromatic rings. The minimum atomic E-state index is -0.539. The smallest absolute Gasteiger partial charge is 0.415 e. The van der Waals surface area contributed by atoms with Crippen molar-refractivity contribution in [2.24, 2.45) is 5.90 Å². The Morgan fingerprint density at radius 3 is 2.28 bits per heavy atom. The van der Waals surface area contributed by atoms with Gasteiger partial charge in [0.05, 0.1) is 12.8 Å². The van der Waals surface area contributed by atoms with Crippen molar-refractivity contribution in [2.45, 2.75) is 6.92 Å². The zero-order valence-electron chi connectivity index (χ0n) is 14.6. The van der Waals surface area contributed by atoms with Crippen molar-refractivity contribution in [3.63, 3.8) is 0 Å².